The van der Waals surface area contributed by atoms with Crippen LogP contribution in [0.5, 0.6) is 5.75 Å². The lowest BCUT2D eigenvalue weighted by molar-refractivity contribution is 0.318. The summed E-state index contributed by atoms with van der Waals surface area (Å²) in [6.45, 7) is 6.33. The molecule has 0 aromatic heterocycles. The monoisotopic (exact) mass is 262 g/mol. The number of para-hydroxylation sites is 2. The highest BCUT2D eigenvalue weighted by molar-refractivity contribution is 5.56. The maximum atomic E-state index is 5.78. The normalized spacial score (nSPS) is 20.2. The predicted molar refractivity (Wildman–Crippen MR) is 81.0 cm³/mol. The van der Waals surface area contributed by atoms with Gasteiger partial charge in [0.1, 0.15) is 5.75 Å². The lowest BCUT2D eigenvalue weighted by atomic mass is 10.1. The van der Waals surface area contributed by atoms with Gasteiger partial charge < -0.3 is 15.4 Å². The van der Waals surface area contributed by atoms with Crippen LogP contribution in [0.4, 0.5) is 5.69 Å². The van der Waals surface area contributed by atoms with Gasteiger partial charge >= 0.3 is 0 Å². The number of nitrogens with one attached hydrogen (secondary N) is 2. The van der Waals surface area contributed by atoms with Crippen molar-refractivity contribution in [3.8, 4) is 5.75 Å². The quantitative estimate of drug-likeness (QED) is 0.790. The molecule has 2 rings (SSSR count). The van der Waals surface area contributed by atoms with E-state index in [4.69, 9.17) is 4.74 Å². The van der Waals surface area contributed by atoms with E-state index in [1.807, 2.05) is 12.1 Å². The molecule has 3 nitrogen and oxygen atoms in total. The van der Waals surface area contributed by atoms with Crippen LogP contribution in [0.1, 0.15) is 39.5 Å². The van der Waals surface area contributed by atoms with Gasteiger partial charge in [-0.25, -0.2) is 0 Å². The van der Waals surface area contributed by atoms with E-state index in [0.717, 1.165) is 24.5 Å². The van der Waals surface area contributed by atoms with Crippen molar-refractivity contribution >= 4 is 5.69 Å². The third kappa shape index (κ3) is 4.43. The van der Waals surface area contributed by atoms with E-state index in [1.54, 1.807) is 0 Å². The number of hydrogen-bond acceptors (Lipinski definition) is 3. The molecule has 1 aliphatic heterocycles. The number of rotatable bonds is 7. The summed E-state index contributed by atoms with van der Waals surface area (Å²) in [4.78, 5) is 0. The molecule has 0 radical (unpaired) electrons. The highest BCUT2D eigenvalue weighted by Gasteiger charge is 2.17. The van der Waals surface area contributed by atoms with E-state index in [2.05, 4.69) is 36.6 Å². The molecule has 0 aliphatic carbocycles. The molecule has 0 saturated carbocycles. The lowest BCUT2D eigenvalue weighted by Gasteiger charge is -2.21. The molecule has 106 valence electrons. The Morgan fingerprint density at radius 3 is 3.00 bits per heavy atom. The smallest absolute Gasteiger partial charge is 0.142 e. The first-order valence-corrected chi connectivity index (χ1v) is 7.51. The maximum Gasteiger partial charge on any atom is 0.142 e. The first-order valence-electron chi connectivity index (χ1n) is 7.51. The summed E-state index contributed by atoms with van der Waals surface area (Å²) in [6, 6.07) is 9.36. The molecule has 1 saturated heterocycles. The van der Waals surface area contributed by atoms with Gasteiger partial charge in [0.2, 0.25) is 0 Å². The SMILES string of the molecule is CCCOc1ccccc1NC(C)CC1CCCN1. The summed E-state index contributed by atoms with van der Waals surface area (Å²) in [6.07, 6.45) is 4.82. The summed E-state index contributed by atoms with van der Waals surface area (Å²) in [7, 11) is 0. The van der Waals surface area contributed by atoms with Crippen LogP contribution in [-0.4, -0.2) is 25.2 Å². The Hall–Kier alpha value is -1.22. The van der Waals surface area contributed by atoms with Crippen LogP contribution in [0.3, 0.4) is 0 Å². The minimum atomic E-state index is 0.460. The number of benzene rings is 1. The zero-order valence-electron chi connectivity index (χ0n) is 12.1. The van der Waals surface area contributed by atoms with Crippen LogP contribution in [-0.2, 0) is 0 Å². The van der Waals surface area contributed by atoms with Gasteiger partial charge in [0.25, 0.3) is 0 Å². The summed E-state index contributed by atoms with van der Waals surface area (Å²) in [5, 5.41) is 7.13. The minimum Gasteiger partial charge on any atom is -0.491 e. The van der Waals surface area contributed by atoms with E-state index in [9.17, 15) is 0 Å². The van der Waals surface area contributed by atoms with Crippen molar-refractivity contribution in [1.29, 1.82) is 0 Å². The first kappa shape index (κ1) is 14.2. The Bertz CT molecular complexity index is 375. The first-order chi connectivity index (χ1) is 9.29. The largest absolute Gasteiger partial charge is 0.491 e. The molecule has 0 amide bonds. The second-order valence-corrected chi connectivity index (χ2v) is 5.42. The van der Waals surface area contributed by atoms with Crippen molar-refractivity contribution in [1.82, 2.24) is 5.32 Å². The molecule has 19 heavy (non-hydrogen) atoms. The van der Waals surface area contributed by atoms with E-state index in [1.165, 1.54) is 25.8 Å². The van der Waals surface area contributed by atoms with Gasteiger partial charge in [-0.05, 0) is 51.3 Å². The fraction of sp³-hybridized carbons (Fsp3) is 0.625. The van der Waals surface area contributed by atoms with Crippen LogP contribution >= 0.6 is 0 Å². The van der Waals surface area contributed by atoms with Crippen LogP contribution in [0, 0.1) is 0 Å². The zero-order valence-corrected chi connectivity index (χ0v) is 12.1. The number of anilines is 1. The van der Waals surface area contributed by atoms with Crippen LogP contribution in [0.15, 0.2) is 24.3 Å². The van der Waals surface area contributed by atoms with E-state index < -0.39 is 0 Å². The Morgan fingerprint density at radius 2 is 2.26 bits per heavy atom. The molecular formula is C16H26N2O. The number of ether oxygens (including phenoxy) is 1. The van der Waals surface area contributed by atoms with Gasteiger partial charge in [-0.1, -0.05) is 19.1 Å². The molecule has 2 unspecified atom stereocenters. The lowest BCUT2D eigenvalue weighted by Crippen LogP contribution is -2.29. The molecule has 3 heteroatoms. The minimum absolute atomic E-state index is 0.460. The standard InChI is InChI=1S/C16H26N2O/c1-3-11-19-16-9-5-4-8-15(16)18-13(2)12-14-7-6-10-17-14/h4-5,8-9,13-14,17-18H,3,6-7,10-12H2,1-2H3. The maximum absolute atomic E-state index is 5.78. The average molecular weight is 262 g/mol. The summed E-state index contributed by atoms with van der Waals surface area (Å²) in [5.41, 5.74) is 1.11. The third-order valence-electron chi connectivity index (χ3n) is 3.55. The molecule has 1 heterocycles. The van der Waals surface area contributed by atoms with Crippen LogP contribution < -0.4 is 15.4 Å². The third-order valence-corrected chi connectivity index (χ3v) is 3.55. The highest BCUT2D eigenvalue weighted by Crippen LogP contribution is 2.25. The molecule has 1 aliphatic rings. The van der Waals surface area contributed by atoms with Crippen molar-refractivity contribution in [2.45, 2.75) is 51.6 Å². The molecule has 0 spiro atoms. The topological polar surface area (TPSA) is 33.3 Å². The summed E-state index contributed by atoms with van der Waals surface area (Å²) >= 11 is 0. The van der Waals surface area contributed by atoms with Crippen molar-refractivity contribution < 1.29 is 4.74 Å². The Morgan fingerprint density at radius 1 is 1.42 bits per heavy atom. The van der Waals surface area contributed by atoms with Gasteiger partial charge in [-0.2, -0.15) is 0 Å². The second kappa shape index (κ2) is 7.39. The summed E-state index contributed by atoms with van der Waals surface area (Å²) < 4.78 is 5.78. The van der Waals surface area contributed by atoms with Gasteiger partial charge in [0.15, 0.2) is 0 Å². The van der Waals surface area contributed by atoms with Gasteiger partial charge in [0.05, 0.1) is 12.3 Å². The molecule has 1 fully saturated rings. The van der Waals surface area contributed by atoms with Gasteiger partial charge in [-0.15, -0.1) is 0 Å². The molecule has 2 atom stereocenters. The van der Waals surface area contributed by atoms with E-state index in [0.29, 0.717) is 12.1 Å². The van der Waals surface area contributed by atoms with E-state index >= 15 is 0 Å². The van der Waals surface area contributed by atoms with Crippen molar-refractivity contribution in [3.63, 3.8) is 0 Å². The van der Waals surface area contributed by atoms with Crippen LogP contribution in [0.2, 0.25) is 0 Å². The van der Waals surface area contributed by atoms with Crippen LogP contribution in [0.25, 0.3) is 0 Å². The average Bonchev–Trinajstić information content (AvgIpc) is 2.90. The van der Waals surface area contributed by atoms with Gasteiger partial charge in [-0.3, -0.25) is 0 Å². The Labute approximate surface area is 116 Å². The molecule has 2 N–H and O–H groups in total. The zero-order chi connectivity index (χ0) is 13.5. The van der Waals surface area contributed by atoms with Crippen molar-refractivity contribution in [3.05, 3.63) is 24.3 Å². The van der Waals surface area contributed by atoms with Gasteiger partial charge in [0, 0.05) is 12.1 Å². The Kier molecular flexibility index (Phi) is 5.52. The predicted octanol–water partition coefficient (Wildman–Crippen LogP) is 3.42. The molecule has 0 bridgehead atoms. The fourth-order valence-corrected chi connectivity index (χ4v) is 2.63. The molecule has 1 aromatic carbocycles. The Balaban J connectivity index is 1.89. The fourth-order valence-electron chi connectivity index (χ4n) is 2.63. The molecular weight excluding hydrogens is 236 g/mol. The molecule has 1 aromatic rings. The van der Waals surface area contributed by atoms with E-state index in [-0.39, 0.29) is 0 Å². The number of hydrogen-bond donors (Lipinski definition) is 2. The van der Waals surface area contributed by atoms with Crippen molar-refractivity contribution in [2.24, 2.45) is 0 Å². The second-order valence-electron chi connectivity index (χ2n) is 5.42. The highest BCUT2D eigenvalue weighted by atomic mass is 16.5. The summed E-state index contributed by atoms with van der Waals surface area (Å²) in [5.74, 6) is 0.968. The van der Waals surface area contributed by atoms with Crippen molar-refractivity contribution in [2.75, 3.05) is 18.5 Å².